The molecule has 1 aromatic rings. The van der Waals surface area contributed by atoms with Crippen molar-refractivity contribution in [3.63, 3.8) is 0 Å². The molecule has 1 aliphatic heterocycles. The molecular formula is C13H20N4O. The van der Waals surface area contributed by atoms with Gasteiger partial charge in [-0.05, 0) is 25.7 Å². The number of nitrogens with one attached hydrogen (secondary N) is 1. The molecule has 1 aliphatic carbocycles. The molecule has 2 fully saturated rings. The third-order valence-corrected chi connectivity index (χ3v) is 3.71. The zero-order valence-corrected chi connectivity index (χ0v) is 10.5. The number of hydrogen-bond donors (Lipinski definition) is 2. The predicted molar refractivity (Wildman–Crippen MR) is 69.3 cm³/mol. The molecule has 0 aromatic carbocycles. The van der Waals surface area contributed by atoms with Gasteiger partial charge in [-0.2, -0.15) is 0 Å². The number of aliphatic hydroxyl groups is 1. The molecule has 0 spiro atoms. The van der Waals surface area contributed by atoms with Gasteiger partial charge in [-0.1, -0.05) is 0 Å². The van der Waals surface area contributed by atoms with Gasteiger partial charge in [-0.15, -0.1) is 0 Å². The fourth-order valence-electron chi connectivity index (χ4n) is 2.43. The van der Waals surface area contributed by atoms with E-state index >= 15 is 0 Å². The zero-order valence-electron chi connectivity index (χ0n) is 10.5. The third kappa shape index (κ3) is 2.62. The quantitative estimate of drug-likeness (QED) is 0.803. The van der Waals surface area contributed by atoms with Crippen molar-refractivity contribution in [1.29, 1.82) is 0 Å². The van der Waals surface area contributed by atoms with Crippen LogP contribution in [0.5, 0.6) is 0 Å². The minimum absolute atomic E-state index is 0.189. The Morgan fingerprint density at radius 1 is 1.28 bits per heavy atom. The highest BCUT2D eigenvalue weighted by molar-refractivity contribution is 5.33. The van der Waals surface area contributed by atoms with Crippen LogP contribution in [0.25, 0.3) is 0 Å². The second kappa shape index (κ2) is 5.20. The Balaban J connectivity index is 1.62. The van der Waals surface area contributed by atoms with Crippen LogP contribution in [0.15, 0.2) is 12.4 Å². The number of anilines is 1. The van der Waals surface area contributed by atoms with Crippen molar-refractivity contribution in [1.82, 2.24) is 15.3 Å². The summed E-state index contributed by atoms with van der Waals surface area (Å²) in [7, 11) is 0. The average Bonchev–Trinajstić information content (AvgIpc) is 3.12. The van der Waals surface area contributed by atoms with Crippen LogP contribution >= 0.6 is 0 Å². The minimum atomic E-state index is 0.189. The maximum absolute atomic E-state index is 9.30. The first-order valence-electron chi connectivity index (χ1n) is 6.78. The van der Waals surface area contributed by atoms with E-state index < -0.39 is 0 Å². The van der Waals surface area contributed by atoms with E-state index in [2.05, 4.69) is 20.2 Å². The van der Waals surface area contributed by atoms with Crippen LogP contribution < -0.4 is 10.2 Å². The Labute approximate surface area is 107 Å². The summed E-state index contributed by atoms with van der Waals surface area (Å²) in [5.74, 6) is 0.752. The fraction of sp³-hybridized carbons (Fsp3) is 0.692. The molecule has 0 amide bonds. The van der Waals surface area contributed by atoms with E-state index in [1.54, 1.807) is 0 Å². The second-order valence-corrected chi connectivity index (χ2v) is 5.22. The van der Waals surface area contributed by atoms with Crippen LogP contribution in [0.1, 0.15) is 31.2 Å². The molecule has 1 aromatic heterocycles. The monoisotopic (exact) mass is 248 g/mol. The minimum Gasteiger partial charge on any atom is -0.394 e. The number of aromatic nitrogens is 2. The van der Waals surface area contributed by atoms with Crippen molar-refractivity contribution < 1.29 is 5.11 Å². The van der Waals surface area contributed by atoms with Gasteiger partial charge in [0.05, 0.1) is 12.6 Å². The van der Waals surface area contributed by atoms with Crippen molar-refractivity contribution >= 4 is 5.95 Å². The Bertz CT molecular complexity index is 390. The van der Waals surface area contributed by atoms with Crippen molar-refractivity contribution in [2.45, 2.75) is 44.3 Å². The highest BCUT2D eigenvalue weighted by atomic mass is 16.3. The van der Waals surface area contributed by atoms with Crippen molar-refractivity contribution in [2.75, 3.05) is 18.1 Å². The van der Waals surface area contributed by atoms with Crippen LogP contribution in [0.3, 0.4) is 0 Å². The van der Waals surface area contributed by atoms with Gasteiger partial charge in [0.2, 0.25) is 5.95 Å². The Kier molecular flexibility index (Phi) is 3.43. The van der Waals surface area contributed by atoms with Crippen LogP contribution in [-0.4, -0.2) is 40.3 Å². The fourth-order valence-corrected chi connectivity index (χ4v) is 2.43. The molecule has 98 valence electrons. The maximum Gasteiger partial charge on any atom is 0.225 e. The van der Waals surface area contributed by atoms with Gasteiger partial charge in [-0.25, -0.2) is 9.97 Å². The molecule has 18 heavy (non-hydrogen) atoms. The molecule has 5 nitrogen and oxygen atoms in total. The van der Waals surface area contributed by atoms with Crippen molar-refractivity contribution in [3.8, 4) is 0 Å². The number of rotatable bonds is 5. The highest BCUT2D eigenvalue weighted by Gasteiger charge is 2.25. The molecule has 2 aliphatic rings. The molecule has 0 bridgehead atoms. The van der Waals surface area contributed by atoms with Gasteiger partial charge < -0.3 is 15.3 Å². The van der Waals surface area contributed by atoms with Crippen LogP contribution in [0, 0.1) is 0 Å². The lowest BCUT2D eigenvalue weighted by molar-refractivity contribution is 0.265. The van der Waals surface area contributed by atoms with E-state index in [4.69, 9.17) is 0 Å². The zero-order chi connectivity index (χ0) is 12.4. The Hall–Kier alpha value is -1.20. The van der Waals surface area contributed by atoms with E-state index in [0.29, 0.717) is 6.04 Å². The molecule has 1 saturated carbocycles. The van der Waals surface area contributed by atoms with Gasteiger partial charge in [0, 0.05) is 37.1 Å². The lowest BCUT2D eigenvalue weighted by Crippen LogP contribution is -2.33. The van der Waals surface area contributed by atoms with E-state index in [0.717, 1.165) is 37.4 Å². The lowest BCUT2D eigenvalue weighted by atomic mass is 10.2. The Morgan fingerprint density at radius 2 is 2.06 bits per heavy atom. The summed E-state index contributed by atoms with van der Waals surface area (Å²) in [5.41, 5.74) is 1.13. The summed E-state index contributed by atoms with van der Waals surface area (Å²) in [6.45, 7) is 1.99. The smallest absolute Gasteiger partial charge is 0.225 e. The average molecular weight is 248 g/mol. The first-order valence-corrected chi connectivity index (χ1v) is 6.78. The molecule has 1 saturated heterocycles. The lowest BCUT2D eigenvalue weighted by Gasteiger charge is -2.22. The van der Waals surface area contributed by atoms with Gasteiger partial charge in [-0.3, -0.25) is 0 Å². The van der Waals surface area contributed by atoms with Gasteiger partial charge >= 0.3 is 0 Å². The van der Waals surface area contributed by atoms with Crippen molar-refractivity contribution in [3.05, 3.63) is 18.0 Å². The normalized spacial score (nSPS) is 23.6. The second-order valence-electron chi connectivity index (χ2n) is 5.22. The van der Waals surface area contributed by atoms with Crippen LogP contribution in [0.4, 0.5) is 5.95 Å². The van der Waals surface area contributed by atoms with Gasteiger partial charge in [0.15, 0.2) is 0 Å². The summed E-state index contributed by atoms with van der Waals surface area (Å²) in [4.78, 5) is 11.0. The number of nitrogens with zero attached hydrogens (tertiary/aromatic N) is 3. The van der Waals surface area contributed by atoms with E-state index in [9.17, 15) is 5.11 Å². The molecule has 5 heteroatoms. The summed E-state index contributed by atoms with van der Waals surface area (Å²) in [5, 5.41) is 12.7. The summed E-state index contributed by atoms with van der Waals surface area (Å²) < 4.78 is 0. The van der Waals surface area contributed by atoms with Crippen LogP contribution in [-0.2, 0) is 6.54 Å². The van der Waals surface area contributed by atoms with Gasteiger partial charge in [0.1, 0.15) is 0 Å². The molecule has 1 unspecified atom stereocenters. The Morgan fingerprint density at radius 3 is 2.72 bits per heavy atom. The first kappa shape index (κ1) is 11.9. The standard InChI is InChI=1S/C13H20N4O/c18-9-12-2-1-5-17(12)13-15-7-10(8-16-13)6-14-11-3-4-11/h7-8,11-12,14,18H,1-6,9H2. The third-order valence-electron chi connectivity index (χ3n) is 3.71. The SMILES string of the molecule is OCC1CCCN1c1ncc(CNC2CC2)cn1. The molecule has 0 radical (unpaired) electrons. The molecular weight excluding hydrogens is 228 g/mol. The first-order chi connectivity index (χ1) is 8.86. The largest absolute Gasteiger partial charge is 0.394 e. The molecule has 1 atom stereocenters. The van der Waals surface area contributed by atoms with E-state index in [-0.39, 0.29) is 12.6 Å². The number of aliphatic hydroxyl groups excluding tert-OH is 1. The maximum atomic E-state index is 9.30. The van der Waals surface area contributed by atoms with E-state index in [1.807, 2.05) is 12.4 Å². The van der Waals surface area contributed by atoms with E-state index in [1.165, 1.54) is 12.8 Å². The predicted octanol–water partition coefficient (Wildman–Crippen LogP) is 0.690. The van der Waals surface area contributed by atoms with Crippen LogP contribution in [0.2, 0.25) is 0 Å². The topological polar surface area (TPSA) is 61.3 Å². The molecule has 3 rings (SSSR count). The van der Waals surface area contributed by atoms with Gasteiger partial charge in [0.25, 0.3) is 0 Å². The summed E-state index contributed by atoms with van der Waals surface area (Å²) >= 11 is 0. The highest BCUT2D eigenvalue weighted by Crippen LogP contribution is 2.22. The van der Waals surface area contributed by atoms with Crippen molar-refractivity contribution in [2.24, 2.45) is 0 Å². The summed E-state index contributed by atoms with van der Waals surface area (Å²) in [6, 6.07) is 0.905. The molecule has 2 heterocycles. The molecule has 2 N–H and O–H groups in total. The summed E-state index contributed by atoms with van der Waals surface area (Å²) in [6.07, 6.45) is 8.52. The number of hydrogen-bond acceptors (Lipinski definition) is 5.